The summed E-state index contributed by atoms with van der Waals surface area (Å²) < 4.78 is 24.5. The van der Waals surface area contributed by atoms with Crippen LogP contribution in [0.1, 0.15) is 31.7 Å². The molecule has 0 bridgehead atoms. The molecule has 1 heterocycles. The van der Waals surface area contributed by atoms with Crippen molar-refractivity contribution in [2.45, 2.75) is 31.6 Å². The Kier molecular flexibility index (Phi) is 5.29. The van der Waals surface area contributed by atoms with Crippen LogP contribution in [0.25, 0.3) is 0 Å². The number of thiophene rings is 1. The highest BCUT2D eigenvalue weighted by molar-refractivity contribution is 9.10. The Bertz CT molecular complexity index is 506. The van der Waals surface area contributed by atoms with Gasteiger partial charge in [0.15, 0.2) is 9.84 Å². The SMILES string of the molecule is CCNC(c1cc(Br)c(Cl)s1)C(C)(C)S(C)(=O)=O. The minimum Gasteiger partial charge on any atom is -0.308 e. The van der Waals surface area contributed by atoms with Gasteiger partial charge in [-0.1, -0.05) is 18.5 Å². The minimum absolute atomic E-state index is 0.272. The van der Waals surface area contributed by atoms with Crippen LogP contribution in [-0.4, -0.2) is 26.0 Å². The minimum atomic E-state index is -3.19. The summed E-state index contributed by atoms with van der Waals surface area (Å²) in [6.45, 7) is 6.11. The van der Waals surface area contributed by atoms with Gasteiger partial charge in [0.05, 0.1) is 10.8 Å². The van der Waals surface area contributed by atoms with Crippen LogP contribution in [0.5, 0.6) is 0 Å². The van der Waals surface area contributed by atoms with E-state index in [0.29, 0.717) is 10.9 Å². The van der Waals surface area contributed by atoms with Crippen molar-refractivity contribution in [2.24, 2.45) is 0 Å². The van der Waals surface area contributed by atoms with Gasteiger partial charge in [-0.2, -0.15) is 0 Å². The van der Waals surface area contributed by atoms with E-state index in [1.807, 2.05) is 13.0 Å². The highest BCUT2D eigenvalue weighted by atomic mass is 79.9. The third-order valence-corrected chi connectivity index (χ3v) is 7.69. The van der Waals surface area contributed by atoms with Crippen molar-refractivity contribution in [2.75, 3.05) is 12.8 Å². The predicted molar refractivity (Wildman–Crippen MR) is 82.4 cm³/mol. The molecular formula is C11H17BrClNO2S2. The molecule has 0 amide bonds. The summed E-state index contributed by atoms with van der Waals surface area (Å²) in [4.78, 5) is 0.921. The van der Waals surface area contributed by atoms with Crippen LogP contribution >= 0.6 is 38.9 Å². The number of sulfone groups is 1. The van der Waals surface area contributed by atoms with Crippen LogP contribution < -0.4 is 5.32 Å². The molecule has 0 aliphatic rings. The molecule has 7 heteroatoms. The lowest BCUT2D eigenvalue weighted by Gasteiger charge is -2.32. The van der Waals surface area contributed by atoms with Crippen LogP contribution in [0.2, 0.25) is 4.34 Å². The number of halogens is 2. The lowest BCUT2D eigenvalue weighted by molar-refractivity contribution is 0.433. The lowest BCUT2D eigenvalue weighted by atomic mass is 10.0. The molecule has 0 radical (unpaired) electrons. The molecule has 0 aromatic carbocycles. The molecule has 1 atom stereocenters. The highest BCUT2D eigenvalue weighted by Gasteiger charge is 2.40. The Morgan fingerprint density at radius 2 is 2.11 bits per heavy atom. The Morgan fingerprint density at radius 3 is 2.44 bits per heavy atom. The fourth-order valence-electron chi connectivity index (χ4n) is 1.61. The maximum absolute atomic E-state index is 12.0. The number of hydrogen-bond acceptors (Lipinski definition) is 4. The smallest absolute Gasteiger partial charge is 0.154 e. The van der Waals surface area contributed by atoms with Crippen molar-refractivity contribution >= 4 is 48.7 Å². The van der Waals surface area contributed by atoms with E-state index in [4.69, 9.17) is 11.6 Å². The van der Waals surface area contributed by atoms with Gasteiger partial charge in [-0.25, -0.2) is 8.42 Å². The average molecular weight is 375 g/mol. The summed E-state index contributed by atoms with van der Waals surface area (Å²) in [6.07, 6.45) is 1.27. The maximum atomic E-state index is 12.0. The molecular weight excluding hydrogens is 358 g/mol. The molecule has 3 nitrogen and oxygen atoms in total. The van der Waals surface area contributed by atoms with E-state index in [1.54, 1.807) is 13.8 Å². The Labute approximate surface area is 126 Å². The first-order chi connectivity index (χ1) is 8.11. The van der Waals surface area contributed by atoms with Gasteiger partial charge in [-0.15, -0.1) is 11.3 Å². The van der Waals surface area contributed by atoms with E-state index in [-0.39, 0.29) is 6.04 Å². The zero-order valence-corrected chi connectivity index (χ0v) is 14.7. The first-order valence-corrected chi connectivity index (χ1v) is 9.36. The molecule has 104 valence electrons. The van der Waals surface area contributed by atoms with E-state index in [1.165, 1.54) is 17.6 Å². The molecule has 1 aromatic rings. The first-order valence-electron chi connectivity index (χ1n) is 5.49. The Balaban J connectivity index is 3.26. The summed E-state index contributed by atoms with van der Waals surface area (Å²) in [7, 11) is -3.19. The topological polar surface area (TPSA) is 46.2 Å². The molecule has 18 heavy (non-hydrogen) atoms. The van der Waals surface area contributed by atoms with Crippen LogP contribution in [0.4, 0.5) is 0 Å². The predicted octanol–water partition coefficient (Wildman–Crippen LogP) is 3.64. The van der Waals surface area contributed by atoms with Crippen molar-refractivity contribution in [3.8, 4) is 0 Å². The standard InChI is InChI=1S/C11H17BrClNO2S2/c1-5-14-9(11(2,3)18(4,15)16)8-6-7(12)10(13)17-8/h6,9,14H,5H2,1-4H3. The number of rotatable bonds is 5. The average Bonchev–Trinajstić information content (AvgIpc) is 2.53. The quantitative estimate of drug-likeness (QED) is 0.856. The molecule has 0 spiro atoms. The summed E-state index contributed by atoms with van der Waals surface area (Å²) in [5.41, 5.74) is 0. The molecule has 1 unspecified atom stereocenters. The molecule has 0 fully saturated rings. The molecule has 0 saturated carbocycles. The van der Waals surface area contributed by atoms with Gasteiger partial charge >= 0.3 is 0 Å². The fourth-order valence-corrected chi connectivity index (χ4v) is 4.32. The van der Waals surface area contributed by atoms with Crippen molar-refractivity contribution in [3.63, 3.8) is 0 Å². The lowest BCUT2D eigenvalue weighted by Crippen LogP contribution is -2.44. The van der Waals surface area contributed by atoms with E-state index < -0.39 is 14.6 Å². The molecule has 0 saturated heterocycles. The second-order valence-corrected chi connectivity index (χ2v) is 9.77. The van der Waals surface area contributed by atoms with E-state index >= 15 is 0 Å². The van der Waals surface area contributed by atoms with Crippen molar-refractivity contribution in [3.05, 3.63) is 19.8 Å². The van der Waals surface area contributed by atoms with Crippen LogP contribution in [0.3, 0.4) is 0 Å². The summed E-state index contributed by atoms with van der Waals surface area (Å²) >= 11 is 10.8. The third kappa shape index (κ3) is 3.28. The van der Waals surface area contributed by atoms with Crippen LogP contribution in [0.15, 0.2) is 10.5 Å². The van der Waals surface area contributed by atoms with Crippen molar-refractivity contribution in [1.29, 1.82) is 0 Å². The largest absolute Gasteiger partial charge is 0.308 e. The maximum Gasteiger partial charge on any atom is 0.154 e. The van der Waals surface area contributed by atoms with Gasteiger partial charge in [0.2, 0.25) is 0 Å². The molecule has 1 aromatic heterocycles. The summed E-state index contributed by atoms with van der Waals surface area (Å²) in [6, 6.07) is 1.61. The third-order valence-electron chi connectivity index (χ3n) is 3.01. The van der Waals surface area contributed by atoms with E-state index in [2.05, 4.69) is 21.2 Å². The van der Waals surface area contributed by atoms with Gasteiger partial charge in [-0.3, -0.25) is 0 Å². The van der Waals surface area contributed by atoms with Gasteiger partial charge in [0.1, 0.15) is 4.34 Å². The number of hydrogen-bond donors (Lipinski definition) is 1. The van der Waals surface area contributed by atoms with Gasteiger partial charge in [-0.05, 0) is 42.4 Å². The van der Waals surface area contributed by atoms with Gasteiger partial charge in [0.25, 0.3) is 0 Å². The van der Waals surface area contributed by atoms with E-state index in [9.17, 15) is 8.42 Å². The van der Waals surface area contributed by atoms with Crippen molar-refractivity contribution in [1.82, 2.24) is 5.32 Å². The monoisotopic (exact) mass is 373 g/mol. The Morgan fingerprint density at radius 1 is 1.56 bits per heavy atom. The zero-order chi connectivity index (χ0) is 14.1. The van der Waals surface area contributed by atoms with Crippen molar-refractivity contribution < 1.29 is 8.42 Å². The van der Waals surface area contributed by atoms with Gasteiger partial charge < -0.3 is 5.32 Å². The first kappa shape index (κ1) is 16.4. The van der Waals surface area contributed by atoms with Crippen LogP contribution in [0, 0.1) is 0 Å². The second-order valence-electron chi connectivity index (χ2n) is 4.64. The molecule has 1 N–H and O–H groups in total. The molecule has 1 rings (SSSR count). The second kappa shape index (κ2) is 5.79. The normalized spacial score (nSPS) is 14.8. The summed E-state index contributed by atoms with van der Waals surface area (Å²) in [5, 5.41) is 3.24. The highest BCUT2D eigenvalue weighted by Crippen LogP contribution is 2.40. The fraction of sp³-hybridized carbons (Fsp3) is 0.636. The molecule has 0 aliphatic carbocycles. The number of nitrogens with one attached hydrogen (secondary N) is 1. The van der Waals surface area contributed by atoms with E-state index in [0.717, 1.165) is 9.35 Å². The zero-order valence-electron chi connectivity index (χ0n) is 10.8. The Hall–Kier alpha value is 0.380. The summed E-state index contributed by atoms with van der Waals surface area (Å²) in [5.74, 6) is 0. The van der Waals surface area contributed by atoms with Gasteiger partial charge in [0, 0.05) is 15.6 Å². The van der Waals surface area contributed by atoms with Crippen LogP contribution in [-0.2, 0) is 9.84 Å². The molecule has 0 aliphatic heterocycles.